The Morgan fingerprint density at radius 2 is 2.11 bits per heavy atom. The largest absolute Gasteiger partial charge is 0.492 e. The van der Waals surface area contributed by atoms with Gasteiger partial charge in [-0.15, -0.1) is 0 Å². The minimum atomic E-state index is -4.04. The van der Waals surface area contributed by atoms with Crippen molar-refractivity contribution >= 4 is 33.3 Å². The Labute approximate surface area is 161 Å². The highest BCUT2D eigenvalue weighted by molar-refractivity contribution is 7.92. The fourth-order valence-electron chi connectivity index (χ4n) is 2.66. The number of carbonyl (C=O) groups is 1. The van der Waals surface area contributed by atoms with E-state index in [9.17, 15) is 13.2 Å². The van der Waals surface area contributed by atoms with Crippen molar-refractivity contribution in [1.82, 2.24) is 0 Å². The van der Waals surface area contributed by atoms with Gasteiger partial charge in [0.1, 0.15) is 10.6 Å². The van der Waals surface area contributed by atoms with Crippen LogP contribution in [0.5, 0.6) is 5.75 Å². The van der Waals surface area contributed by atoms with Gasteiger partial charge >= 0.3 is 5.97 Å². The smallest absolute Gasteiger partial charge is 0.335 e. The van der Waals surface area contributed by atoms with Gasteiger partial charge in [-0.2, -0.15) is 0 Å². The van der Waals surface area contributed by atoms with Crippen LogP contribution in [-0.4, -0.2) is 39.3 Å². The highest BCUT2D eigenvalue weighted by Gasteiger charge is 2.23. The van der Waals surface area contributed by atoms with Crippen LogP contribution in [-0.2, 0) is 14.8 Å². The summed E-state index contributed by atoms with van der Waals surface area (Å²) in [6.07, 6.45) is 0.857. The number of aromatic carboxylic acids is 1. The highest BCUT2D eigenvalue weighted by Crippen LogP contribution is 2.30. The van der Waals surface area contributed by atoms with Gasteiger partial charge in [0, 0.05) is 23.2 Å². The van der Waals surface area contributed by atoms with Gasteiger partial charge in [0.05, 0.1) is 18.8 Å². The number of sulfonamides is 1. The van der Waals surface area contributed by atoms with Gasteiger partial charge in [-0.3, -0.25) is 4.72 Å². The molecule has 1 saturated heterocycles. The monoisotopic (exact) mass is 411 g/mol. The van der Waals surface area contributed by atoms with Crippen molar-refractivity contribution in [1.29, 1.82) is 0 Å². The third-order valence-corrected chi connectivity index (χ3v) is 5.69. The Bertz CT molecular complexity index is 941. The minimum Gasteiger partial charge on any atom is -0.492 e. The molecule has 2 N–H and O–H groups in total. The first-order valence-electron chi connectivity index (χ1n) is 8.21. The van der Waals surface area contributed by atoms with Gasteiger partial charge in [0.15, 0.2) is 0 Å². The van der Waals surface area contributed by atoms with Crippen molar-refractivity contribution in [2.24, 2.45) is 5.92 Å². The Kier molecular flexibility index (Phi) is 5.88. The number of hydrogen-bond acceptors (Lipinski definition) is 5. The first kappa shape index (κ1) is 19.5. The van der Waals surface area contributed by atoms with Crippen LogP contribution in [0.2, 0.25) is 5.02 Å². The topological polar surface area (TPSA) is 102 Å². The van der Waals surface area contributed by atoms with Crippen molar-refractivity contribution in [3.05, 3.63) is 53.1 Å². The minimum absolute atomic E-state index is 0.0287. The zero-order chi connectivity index (χ0) is 19.4. The van der Waals surface area contributed by atoms with E-state index in [0.29, 0.717) is 19.8 Å². The van der Waals surface area contributed by atoms with Gasteiger partial charge in [0.2, 0.25) is 0 Å². The molecule has 1 atom stereocenters. The highest BCUT2D eigenvalue weighted by atomic mass is 35.5. The molecule has 1 fully saturated rings. The van der Waals surface area contributed by atoms with E-state index in [0.717, 1.165) is 6.42 Å². The second-order valence-corrected chi connectivity index (χ2v) is 8.21. The second-order valence-electron chi connectivity index (χ2n) is 6.12. The quantitative estimate of drug-likeness (QED) is 0.725. The fraction of sp³-hybridized carbons (Fsp3) is 0.278. The van der Waals surface area contributed by atoms with Crippen molar-refractivity contribution in [3.63, 3.8) is 0 Å². The molecular weight excluding hydrogens is 394 g/mol. The van der Waals surface area contributed by atoms with Crippen LogP contribution in [0.1, 0.15) is 16.8 Å². The van der Waals surface area contributed by atoms with Crippen LogP contribution < -0.4 is 9.46 Å². The number of carboxylic acid groups (broad SMARTS) is 1. The summed E-state index contributed by atoms with van der Waals surface area (Å²) in [5.41, 5.74) is 0.101. The predicted molar refractivity (Wildman–Crippen MR) is 100 cm³/mol. The average Bonchev–Trinajstić information content (AvgIpc) is 3.14. The number of rotatable bonds is 7. The van der Waals surface area contributed by atoms with Crippen molar-refractivity contribution < 1.29 is 27.8 Å². The summed E-state index contributed by atoms with van der Waals surface area (Å²) in [7, 11) is -4.04. The summed E-state index contributed by atoms with van der Waals surface area (Å²) in [5.74, 6) is -0.772. The Morgan fingerprint density at radius 1 is 1.30 bits per heavy atom. The maximum atomic E-state index is 12.8. The molecule has 0 aliphatic carbocycles. The summed E-state index contributed by atoms with van der Waals surface area (Å²) in [6.45, 7) is 1.58. The third kappa shape index (κ3) is 4.91. The molecule has 0 bridgehead atoms. The SMILES string of the molecule is O=C(O)c1cccc(NS(=O)(=O)c2cc(Cl)ccc2OCC2CCOC2)c1. The lowest BCUT2D eigenvalue weighted by atomic mass is 10.1. The Balaban J connectivity index is 1.85. The van der Waals surface area contributed by atoms with E-state index in [-0.39, 0.29) is 32.8 Å². The number of hydrogen-bond donors (Lipinski definition) is 2. The molecule has 2 aromatic carbocycles. The van der Waals surface area contributed by atoms with Crippen LogP contribution in [0.25, 0.3) is 0 Å². The molecule has 27 heavy (non-hydrogen) atoms. The summed E-state index contributed by atoms with van der Waals surface area (Å²) in [6, 6.07) is 9.87. The van der Waals surface area contributed by atoms with Crippen molar-refractivity contribution in [2.45, 2.75) is 11.3 Å². The molecule has 2 aromatic rings. The van der Waals surface area contributed by atoms with Gasteiger partial charge < -0.3 is 14.6 Å². The predicted octanol–water partition coefficient (Wildman–Crippen LogP) is 3.25. The zero-order valence-corrected chi connectivity index (χ0v) is 15.8. The third-order valence-electron chi connectivity index (χ3n) is 4.06. The molecule has 0 amide bonds. The van der Waals surface area contributed by atoms with Crippen LogP contribution in [0, 0.1) is 5.92 Å². The van der Waals surface area contributed by atoms with E-state index < -0.39 is 16.0 Å². The van der Waals surface area contributed by atoms with Crippen LogP contribution in [0.15, 0.2) is 47.4 Å². The molecule has 0 saturated carbocycles. The lowest BCUT2D eigenvalue weighted by molar-refractivity contribution is 0.0697. The van der Waals surface area contributed by atoms with Gasteiger partial charge in [-0.25, -0.2) is 13.2 Å². The van der Waals surface area contributed by atoms with E-state index in [4.69, 9.17) is 26.2 Å². The van der Waals surface area contributed by atoms with E-state index in [2.05, 4.69) is 4.72 Å². The number of carboxylic acids is 1. The standard InChI is InChI=1S/C18H18ClNO6S/c19-14-4-5-16(26-11-12-6-7-25-10-12)17(9-14)27(23,24)20-15-3-1-2-13(8-15)18(21)22/h1-5,8-9,12,20H,6-7,10-11H2,(H,21,22). The normalized spacial score (nSPS) is 16.9. The van der Waals surface area contributed by atoms with E-state index >= 15 is 0 Å². The molecular formula is C18H18ClNO6S. The van der Waals surface area contributed by atoms with Crippen LogP contribution >= 0.6 is 11.6 Å². The number of ether oxygens (including phenoxy) is 2. The van der Waals surface area contributed by atoms with E-state index in [1.54, 1.807) is 6.07 Å². The molecule has 144 valence electrons. The maximum Gasteiger partial charge on any atom is 0.335 e. The number of anilines is 1. The van der Waals surface area contributed by atoms with E-state index in [1.807, 2.05) is 0 Å². The van der Waals surface area contributed by atoms with Crippen LogP contribution in [0.4, 0.5) is 5.69 Å². The molecule has 1 heterocycles. The molecule has 1 aliphatic heterocycles. The number of benzene rings is 2. The lowest BCUT2D eigenvalue weighted by Gasteiger charge is -2.15. The summed E-state index contributed by atoms with van der Waals surface area (Å²) in [4.78, 5) is 11.0. The molecule has 0 aromatic heterocycles. The molecule has 3 rings (SSSR count). The molecule has 0 spiro atoms. The maximum absolute atomic E-state index is 12.8. The van der Waals surface area contributed by atoms with Crippen molar-refractivity contribution in [2.75, 3.05) is 24.5 Å². The summed E-state index contributed by atoms with van der Waals surface area (Å²) >= 11 is 5.97. The molecule has 1 unspecified atom stereocenters. The molecule has 9 heteroatoms. The van der Waals surface area contributed by atoms with E-state index in [1.165, 1.54) is 36.4 Å². The molecule has 0 radical (unpaired) electrons. The summed E-state index contributed by atoms with van der Waals surface area (Å²) < 4.78 is 39.0. The Morgan fingerprint density at radius 3 is 2.81 bits per heavy atom. The van der Waals surface area contributed by atoms with Crippen molar-refractivity contribution in [3.8, 4) is 5.75 Å². The first-order valence-corrected chi connectivity index (χ1v) is 10.1. The molecule has 1 aliphatic rings. The number of halogens is 1. The fourth-order valence-corrected chi connectivity index (χ4v) is 4.12. The number of nitrogens with one attached hydrogen (secondary N) is 1. The second kappa shape index (κ2) is 8.16. The van der Waals surface area contributed by atoms with Crippen LogP contribution in [0.3, 0.4) is 0 Å². The molecule has 7 nitrogen and oxygen atoms in total. The first-order chi connectivity index (χ1) is 12.8. The Hall–Kier alpha value is -2.29. The van der Waals surface area contributed by atoms with Gasteiger partial charge in [0.25, 0.3) is 10.0 Å². The average molecular weight is 412 g/mol. The summed E-state index contributed by atoms with van der Waals surface area (Å²) in [5, 5.41) is 9.30. The lowest BCUT2D eigenvalue weighted by Crippen LogP contribution is -2.17. The van der Waals surface area contributed by atoms with Gasteiger partial charge in [-0.1, -0.05) is 17.7 Å². The zero-order valence-electron chi connectivity index (χ0n) is 14.2. The van der Waals surface area contributed by atoms with Gasteiger partial charge in [-0.05, 0) is 42.8 Å².